The summed E-state index contributed by atoms with van der Waals surface area (Å²) in [5.41, 5.74) is 2.41. The molecule has 6 rings (SSSR count). The second kappa shape index (κ2) is 7.79. The van der Waals surface area contributed by atoms with E-state index in [9.17, 15) is 18.4 Å². The van der Waals surface area contributed by atoms with Crippen LogP contribution in [0.3, 0.4) is 0 Å². The van der Waals surface area contributed by atoms with Gasteiger partial charge in [0.1, 0.15) is 6.04 Å². The Morgan fingerprint density at radius 1 is 0.971 bits per heavy atom. The van der Waals surface area contributed by atoms with Crippen molar-refractivity contribution in [3.05, 3.63) is 77.1 Å². The topological polar surface area (TPSA) is 96.6 Å². The number of nitrogens with one attached hydrogen (secondary N) is 2. The zero-order valence-electron chi connectivity index (χ0n) is 18.1. The van der Waals surface area contributed by atoms with Crippen LogP contribution in [0.1, 0.15) is 6.42 Å². The van der Waals surface area contributed by atoms with Crippen LogP contribution >= 0.6 is 0 Å². The van der Waals surface area contributed by atoms with Crippen molar-refractivity contribution in [1.82, 2.24) is 10.2 Å². The molecule has 1 saturated heterocycles. The molecule has 3 heterocycles. The molecule has 1 unspecified atom stereocenters. The fraction of sp³-hybridized carbons (Fsp3) is 0.160. The summed E-state index contributed by atoms with van der Waals surface area (Å²) in [6, 6.07) is 18.4. The van der Waals surface area contributed by atoms with Crippen molar-refractivity contribution in [2.45, 2.75) is 18.8 Å². The maximum Gasteiger partial charge on any atom is 0.586 e. The van der Waals surface area contributed by atoms with Crippen LogP contribution in [0.4, 0.5) is 20.2 Å². The van der Waals surface area contributed by atoms with Gasteiger partial charge in [-0.05, 0) is 36.8 Å². The average Bonchev–Trinajstić information content (AvgIpc) is 3.37. The van der Waals surface area contributed by atoms with Crippen molar-refractivity contribution in [3.63, 3.8) is 0 Å². The Bertz CT molecular complexity index is 1520. The number of aromatic amines is 1. The van der Waals surface area contributed by atoms with Crippen LogP contribution in [0.25, 0.3) is 22.0 Å². The number of amides is 1. The molecule has 4 aromatic rings. The van der Waals surface area contributed by atoms with E-state index in [1.165, 1.54) is 12.1 Å². The molecule has 0 radical (unpaired) electrons. The van der Waals surface area contributed by atoms with Crippen molar-refractivity contribution < 1.29 is 23.0 Å². The van der Waals surface area contributed by atoms with E-state index in [4.69, 9.17) is 0 Å². The molecule has 3 aromatic carbocycles. The number of anilines is 2. The molecule has 35 heavy (non-hydrogen) atoms. The molecule has 1 aromatic heterocycles. The van der Waals surface area contributed by atoms with Gasteiger partial charge in [-0.1, -0.05) is 30.3 Å². The SMILES string of the molecule is O=C1C(Nc2ccc3c(c2)OC(F)(F)O3)CCN1c1ccc(-c2n[nH]c(=O)c3ccccc23)cc1. The first-order chi connectivity index (χ1) is 16.9. The first-order valence-electron chi connectivity index (χ1n) is 10.9. The smallest absolute Gasteiger partial charge is 0.395 e. The third-order valence-corrected chi connectivity index (χ3v) is 6.10. The van der Waals surface area contributed by atoms with Gasteiger partial charge >= 0.3 is 6.29 Å². The van der Waals surface area contributed by atoms with Crippen LogP contribution in [0.2, 0.25) is 0 Å². The minimum atomic E-state index is -3.69. The molecule has 0 spiro atoms. The molecular formula is C25H18F2N4O4. The van der Waals surface area contributed by atoms with Crippen LogP contribution in [0, 0.1) is 0 Å². The van der Waals surface area contributed by atoms with Crippen LogP contribution in [-0.4, -0.2) is 35.0 Å². The second-order valence-corrected chi connectivity index (χ2v) is 8.30. The fourth-order valence-electron chi connectivity index (χ4n) is 4.44. The highest BCUT2D eigenvalue weighted by Crippen LogP contribution is 2.42. The van der Waals surface area contributed by atoms with Gasteiger partial charge in [-0.3, -0.25) is 9.59 Å². The van der Waals surface area contributed by atoms with Gasteiger partial charge in [0.25, 0.3) is 5.56 Å². The van der Waals surface area contributed by atoms with E-state index in [1.807, 2.05) is 36.4 Å². The number of carbonyl (C=O) groups excluding carboxylic acids is 1. The summed E-state index contributed by atoms with van der Waals surface area (Å²) in [7, 11) is 0. The summed E-state index contributed by atoms with van der Waals surface area (Å²) in [6.07, 6.45) is -3.15. The number of nitrogens with zero attached hydrogens (tertiary/aromatic N) is 2. The molecule has 0 saturated carbocycles. The molecule has 2 aliphatic heterocycles. The number of hydrogen-bond donors (Lipinski definition) is 2. The lowest BCUT2D eigenvalue weighted by atomic mass is 10.0. The summed E-state index contributed by atoms with van der Waals surface area (Å²) < 4.78 is 35.4. The highest BCUT2D eigenvalue weighted by atomic mass is 19.3. The lowest BCUT2D eigenvalue weighted by Crippen LogP contribution is -2.33. The van der Waals surface area contributed by atoms with Gasteiger partial charge in [0.05, 0.1) is 11.1 Å². The van der Waals surface area contributed by atoms with Crippen LogP contribution in [-0.2, 0) is 4.79 Å². The fourth-order valence-corrected chi connectivity index (χ4v) is 4.44. The Morgan fingerprint density at radius 3 is 2.51 bits per heavy atom. The van der Waals surface area contributed by atoms with Crippen molar-refractivity contribution in [3.8, 4) is 22.8 Å². The van der Waals surface area contributed by atoms with E-state index in [1.54, 1.807) is 23.1 Å². The van der Waals surface area contributed by atoms with Crippen LogP contribution < -0.4 is 25.2 Å². The van der Waals surface area contributed by atoms with Gasteiger partial charge in [0.15, 0.2) is 11.5 Å². The maximum atomic E-state index is 13.3. The normalized spacial score (nSPS) is 18.3. The van der Waals surface area contributed by atoms with Crippen molar-refractivity contribution >= 4 is 28.1 Å². The number of aromatic nitrogens is 2. The molecule has 2 aliphatic rings. The van der Waals surface area contributed by atoms with E-state index in [0.717, 1.165) is 16.6 Å². The number of alkyl halides is 2. The summed E-state index contributed by atoms with van der Waals surface area (Å²) >= 11 is 0. The van der Waals surface area contributed by atoms with Crippen molar-refractivity contribution in [2.24, 2.45) is 0 Å². The summed E-state index contributed by atoms with van der Waals surface area (Å²) in [6.45, 7) is 0.498. The summed E-state index contributed by atoms with van der Waals surface area (Å²) in [4.78, 5) is 26.8. The standard InChI is InChI=1S/C25H18F2N4O4/c26-25(27)34-20-10-7-15(13-21(20)35-25)28-19-11-12-31(24(19)33)16-8-5-14(6-9-16)22-17-3-1-2-4-18(17)23(32)30-29-22/h1-10,13,19,28H,11-12H2,(H,30,32). The number of ether oxygens (including phenoxy) is 2. The number of hydrogen-bond acceptors (Lipinski definition) is 6. The van der Waals surface area contributed by atoms with E-state index in [0.29, 0.717) is 29.7 Å². The number of fused-ring (bicyclic) bond motifs is 2. The average molecular weight is 476 g/mol. The van der Waals surface area contributed by atoms with Crippen molar-refractivity contribution in [1.29, 1.82) is 0 Å². The second-order valence-electron chi connectivity index (χ2n) is 8.30. The summed E-state index contributed by atoms with van der Waals surface area (Å²) in [5, 5.41) is 11.1. The first-order valence-corrected chi connectivity index (χ1v) is 10.9. The molecule has 176 valence electrons. The quantitative estimate of drug-likeness (QED) is 0.460. The number of halogens is 2. The van der Waals surface area contributed by atoms with Crippen LogP contribution in [0.5, 0.6) is 11.5 Å². The minimum Gasteiger partial charge on any atom is -0.395 e. The number of benzene rings is 3. The minimum absolute atomic E-state index is 0.0511. The number of H-pyrrole nitrogens is 1. The third-order valence-electron chi connectivity index (χ3n) is 6.10. The van der Waals surface area contributed by atoms with Crippen LogP contribution in [0.15, 0.2) is 71.5 Å². The molecule has 10 heteroatoms. The van der Waals surface area contributed by atoms with Gasteiger partial charge < -0.3 is 19.7 Å². The van der Waals surface area contributed by atoms with Crippen molar-refractivity contribution in [2.75, 3.05) is 16.8 Å². The number of carbonyl (C=O) groups is 1. The molecule has 1 fully saturated rings. The summed E-state index contributed by atoms with van der Waals surface area (Å²) in [5.74, 6) is -0.264. The predicted octanol–water partition coefficient (Wildman–Crippen LogP) is 4.13. The molecule has 2 N–H and O–H groups in total. The third kappa shape index (κ3) is 3.72. The Hall–Kier alpha value is -4.47. The van der Waals surface area contributed by atoms with Gasteiger partial charge in [-0.25, -0.2) is 5.10 Å². The Balaban J connectivity index is 1.20. The molecule has 1 amide bonds. The molecule has 0 aliphatic carbocycles. The highest BCUT2D eigenvalue weighted by molar-refractivity contribution is 6.01. The zero-order chi connectivity index (χ0) is 24.2. The van der Waals surface area contributed by atoms with E-state index in [2.05, 4.69) is 25.0 Å². The van der Waals surface area contributed by atoms with E-state index >= 15 is 0 Å². The highest BCUT2D eigenvalue weighted by Gasteiger charge is 2.43. The maximum absolute atomic E-state index is 13.3. The lowest BCUT2D eigenvalue weighted by Gasteiger charge is -2.18. The van der Waals surface area contributed by atoms with Gasteiger partial charge in [-0.2, -0.15) is 5.10 Å². The predicted molar refractivity (Wildman–Crippen MR) is 125 cm³/mol. The van der Waals surface area contributed by atoms with E-state index < -0.39 is 12.3 Å². The van der Waals surface area contributed by atoms with E-state index in [-0.39, 0.29) is 23.0 Å². The Kier molecular flexibility index (Phi) is 4.70. The van der Waals surface area contributed by atoms with Gasteiger partial charge in [-0.15, -0.1) is 8.78 Å². The van der Waals surface area contributed by atoms with Gasteiger partial charge in [0.2, 0.25) is 5.91 Å². The molecule has 0 bridgehead atoms. The Morgan fingerprint density at radius 2 is 1.71 bits per heavy atom. The molecular weight excluding hydrogens is 458 g/mol. The van der Waals surface area contributed by atoms with Gasteiger partial charge in [0, 0.05) is 34.9 Å². The monoisotopic (exact) mass is 476 g/mol. The molecule has 1 atom stereocenters. The number of rotatable bonds is 4. The molecule has 8 nitrogen and oxygen atoms in total. The Labute approximate surface area is 197 Å². The lowest BCUT2D eigenvalue weighted by molar-refractivity contribution is -0.286. The largest absolute Gasteiger partial charge is 0.586 e. The first kappa shape index (κ1) is 21.1. The zero-order valence-corrected chi connectivity index (χ0v) is 18.1.